The number of hydrogen-bond acceptors (Lipinski definition) is 4. The van der Waals surface area contributed by atoms with E-state index in [9.17, 15) is 0 Å². The van der Waals surface area contributed by atoms with Crippen molar-refractivity contribution in [3.63, 3.8) is 0 Å². The van der Waals surface area contributed by atoms with Gasteiger partial charge >= 0.3 is 0 Å². The Labute approximate surface area is 65.5 Å². The topological polar surface area (TPSA) is 78.8 Å². The fourth-order valence-electron chi connectivity index (χ4n) is 0.503. The van der Waals surface area contributed by atoms with Crippen LogP contribution in [0.25, 0.3) is 0 Å². The Balaban J connectivity index is 5.13. The summed E-state index contributed by atoms with van der Waals surface area (Å²) in [6.07, 6.45) is 4.37. The Morgan fingerprint density at radius 1 is 1.55 bits per heavy atom. The second-order valence-corrected chi connectivity index (χ2v) is 3.76. The van der Waals surface area contributed by atoms with E-state index in [1.54, 1.807) is 0 Å². The summed E-state index contributed by atoms with van der Waals surface area (Å²) in [5, 5.41) is 0. The molecule has 0 aliphatic heterocycles. The van der Waals surface area contributed by atoms with Crippen LogP contribution in [-0.4, -0.2) is 22.8 Å². The summed E-state index contributed by atoms with van der Waals surface area (Å²) in [7, 11) is -3.39. The summed E-state index contributed by atoms with van der Waals surface area (Å²) in [5.41, 5.74) is 5.31. The van der Waals surface area contributed by atoms with Crippen molar-refractivity contribution < 1.29 is 9.79 Å². The first kappa shape index (κ1) is 10.2. The van der Waals surface area contributed by atoms with Gasteiger partial charge in [-0.2, -0.15) is 0 Å². The van der Waals surface area contributed by atoms with E-state index in [0.29, 0.717) is 0 Å². The minimum absolute atomic E-state index is 0.0903. The zero-order valence-corrected chi connectivity index (χ0v) is 6.96. The molecule has 11 heavy (non-hydrogen) atoms. The number of aliphatic imine (C=N–C) groups is 1. The van der Waals surface area contributed by atoms with Crippen molar-refractivity contribution in [2.45, 2.75) is 0 Å². The van der Waals surface area contributed by atoms with Gasteiger partial charge in [0.15, 0.2) is 7.34 Å². The highest BCUT2D eigenvalue weighted by atomic mass is 31.2. The quantitative estimate of drug-likeness (QED) is 0.326. The smallest absolute Gasteiger partial charge is 0.162 e. The van der Waals surface area contributed by atoms with E-state index in [4.69, 9.17) is 15.5 Å². The molecule has 0 heterocycles. The molecule has 0 atom stereocenters. The van der Waals surface area contributed by atoms with Gasteiger partial charge in [-0.25, -0.2) is 0 Å². The van der Waals surface area contributed by atoms with Crippen molar-refractivity contribution in [1.29, 1.82) is 0 Å². The third-order valence-electron chi connectivity index (χ3n) is 0.967. The van der Waals surface area contributed by atoms with Crippen molar-refractivity contribution in [3.05, 3.63) is 23.8 Å². The van der Waals surface area contributed by atoms with E-state index < -0.39 is 7.34 Å². The van der Waals surface area contributed by atoms with Gasteiger partial charge in [0.05, 0.1) is 5.70 Å². The molecule has 0 rings (SSSR count). The van der Waals surface area contributed by atoms with Gasteiger partial charge < -0.3 is 15.5 Å². The van der Waals surface area contributed by atoms with Crippen LogP contribution in [0, 0.1) is 0 Å². The number of rotatable bonds is 3. The predicted molar refractivity (Wildman–Crippen MR) is 49.4 cm³/mol. The Kier molecular flexibility index (Phi) is 3.26. The zero-order valence-electron chi connectivity index (χ0n) is 6.06. The first-order valence-electron chi connectivity index (χ1n) is 2.72. The monoisotopic (exact) mass is 174 g/mol. The summed E-state index contributed by atoms with van der Waals surface area (Å²) in [4.78, 5) is 21.4. The molecule has 62 valence electrons. The van der Waals surface area contributed by atoms with Crippen LogP contribution in [0.15, 0.2) is 28.8 Å². The van der Waals surface area contributed by atoms with Crippen molar-refractivity contribution >= 4 is 20.4 Å². The molecular formula is C6H11N2O2P. The SMILES string of the molecule is C=C/C(N)=C(\N=C)P(=C)(O)O. The maximum Gasteiger partial charge on any atom is 0.162 e. The van der Waals surface area contributed by atoms with Gasteiger partial charge in [0.2, 0.25) is 0 Å². The Bertz CT molecular complexity index is 251. The molecule has 0 fully saturated rings. The summed E-state index contributed by atoms with van der Waals surface area (Å²) in [6, 6.07) is 0. The van der Waals surface area contributed by atoms with Crippen LogP contribution in [0.4, 0.5) is 0 Å². The summed E-state index contributed by atoms with van der Waals surface area (Å²) in [6.45, 7) is 6.47. The van der Waals surface area contributed by atoms with E-state index in [1.807, 2.05) is 0 Å². The maximum absolute atomic E-state index is 9.02. The van der Waals surface area contributed by atoms with Crippen molar-refractivity contribution in [1.82, 2.24) is 0 Å². The molecule has 0 aromatic carbocycles. The van der Waals surface area contributed by atoms with Crippen LogP contribution in [0.1, 0.15) is 0 Å². The predicted octanol–water partition coefficient (Wildman–Crippen LogP) is 0.265. The third-order valence-corrected chi connectivity index (χ3v) is 2.05. The number of allylic oxidation sites excluding steroid dienone is 1. The molecule has 0 radical (unpaired) electrons. The van der Waals surface area contributed by atoms with Gasteiger partial charge in [-0.1, -0.05) is 6.58 Å². The number of nitrogens with two attached hydrogens (primary N) is 1. The molecule has 0 spiro atoms. The van der Waals surface area contributed by atoms with E-state index in [2.05, 4.69) is 24.6 Å². The van der Waals surface area contributed by atoms with Crippen molar-refractivity contribution in [2.75, 3.05) is 0 Å². The van der Waals surface area contributed by atoms with Crippen LogP contribution in [0.3, 0.4) is 0 Å². The fraction of sp³-hybridized carbons (Fsp3) is 0. The lowest BCUT2D eigenvalue weighted by molar-refractivity contribution is 0.485. The molecule has 0 aliphatic rings. The zero-order chi connectivity index (χ0) is 9.07. The third kappa shape index (κ3) is 2.72. The molecule has 0 saturated heterocycles. The first-order valence-corrected chi connectivity index (χ1v) is 4.59. The van der Waals surface area contributed by atoms with Crippen LogP contribution in [-0.2, 0) is 0 Å². The molecule has 5 heteroatoms. The van der Waals surface area contributed by atoms with E-state index in [1.165, 1.54) is 6.08 Å². The Hall–Kier alpha value is -0.830. The van der Waals surface area contributed by atoms with Gasteiger partial charge in [0.1, 0.15) is 5.44 Å². The average molecular weight is 174 g/mol. The first-order chi connectivity index (χ1) is 4.93. The van der Waals surface area contributed by atoms with Crippen LogP contribution in [0.2, 0.25) is 0 Å². The molecule has 0 unspecified atom stereocenters. The fourth-order valence-corrected chi connectivity index (χ4v) is 1.23. The lowest BCUT2D eigenvalue weighted by Crippen LogP contribution is -1.98. The van der Waals surface area contributed by atoms with E-state index in [0.717, 1.165) is 0 Å². The van der Waals surface area contributed by atoms with Crippen molar-refractivity contribution in [2.24, 2.45) is 10.7 Å². The maximum atomic E-state index is 9.02. The highest BCUT2D eigenvalue weighted by molar-refractivity contribution is 7.66. The molecule has 0 saturated carbocycles. The second-order valence-electron chi connectivity index (χ2n) is 1.87. The van der Waals surface area contributed by atoms with E-state index in [-0.39, 0.29) is 11.1 Å². The number of hydrogen-bond donors (Lipinski definition) is 3. The molecule has 4 nitrogen and oxygen atoms in total. The normalized spacial score (nSPS) is 13.6. The van der Waals surface area contributed by atoms with Crippen LogP contribution >= 0.6 is 7.34 Å². The summed E-state index contributed by atoms with van der Waals surface area (Å²) in [5.74, 6) is 0. The van der Waals surface area contributed by atoms with Gasteiger partial charge in [-0.05, 0) is 19.1 Å². The van der Waals surface area contributed by atoms with Gasteiger partial charge in [0, 0.05) is 0 Å². The van der Waals surface area contributed by atoms with Gasteiger partial charge in [-0.3, -0.25) is 4.99 Å². The van der Waals surface area contributed by atoms with E-state index >= 15 is 0 Å². The molecule has 4 N–H and O–H groups in total. The molecular weight excluding hydrogens is 163 g/mol. The Morgan fingerprint density at radius 2 is 2.00 bits per heavy atom. The average Bonchev–Trinajstić information content (AvgIpc) is 1.86. The highest BCUT2D eigenvalue weighted by Gasteiger charge is 2.13. The molecule has 0 aromatic rings. The lowest BCUT2D eigenvalue weighted by Gasteiger charge is -2.10. The highest BCUT2D eigenvalue weighted by Crippen LogP contribution is 2.45. The second kappa shape index (κ2) is 3.53. The van der Waals surface area contributed by atoms with Gasteiger partial charge in [-0.15, -0.1) is 0 Å². The summed E-state index contributed by atoms with van der Waals surface area (Å²) < 4.78 is 0. The lowest BCUT2D eigenvalue weighted by atomic mass is 10.5. The molecule has 0 aliphatic carbocycles. The minimum Gasteiger partial charge on any atom is -0.397 e. The van der Waals surface area contributed by atoms with Crippen molar-refractivity contribution in [3.8, 4) is 0 Å². The number of nitrogens with zero attached hydrogens (tertiary/aromatic N) is 1. The van der Waals surface area contributed by atoms with Gasteiger partial charge in [0.25, 0.3) is 0 Å². The summed E-state index contributed by atoms with van der Waals surface area (Å²) >= 11 is 0. The molecule has 0 amide bonds. The van der Waals surface area contributed by atoms with Crippen LogP contribution < -0.4 is 5.73 Å². The molecule has 0 aromatic heterocycles. The standard InChI is InChI=1S/C6H11N2O2P/c1-4-5(7)6(8-2)11(3,9)10/h4,9-10H,1-3,7H2/b6-5-. The molecule has 0 bridgehead atoms. The largest absolute Gasteiger partial charge is 0.397 e. The minimum atomic E-state index is -3.39. The Morgan fingerprint density at radius 3 is 2.09 bits per heavy atom. The van der Waals surface area contributed by atoms with Crippen LogP contribution in [0.5, 0.6) is 0 Å².